The van der Waals surface area contributed by atoms with Gasteiger partial charge in [-0.3, -0.25) is 0 Å². The van der Waals surface area contributed by atoms with E-state index in [4.69, 9.17) is 10.5 Å². The number of anilines is 1. The lowest BCUT2D eigenvalue weighted by Crippen LogP contribution is -2.04. The van der Waals surface area contributed by atoms with Crippen LogP contribution in [0.15, 0.2) is 24.3 Å². The molecular formula is C10H14NO. The van der Waals surface area contributed by atoms with Crippen molar-refractivity contribution in [3.8, 4) is 5.75 Å². The fourth-order valence-electron chi connectivity index (χ4n) is 0.843. The Labute approximate surface area is 73.3 Å². The van der Waals surface area contributed by atoms with Crippen LogP contribution in [0.25, 0.3) is 0 Å². The number of nitrogen functional groups attached to an aromatic ring is 1. The Balaban J connectivity index is 2.52. The zero-order valence-corrected chi connectivity index (χ0v) is 7.29. The molecule has 1 aromatic rings. The highest BCUT2D eigenvalue weighted by molar-refractivity contribution is 5.43. The largest absolute Gasteiger partial charge is 0.493 e. The van der Waals surface area contributed by atoms with E-state index in [0.717, 1.165) is 11.4 Å². The smallest absolute Gasteiger partial charge is 0.121 e. The van der Waals surface area contributed by atoms with Crippen LogP contribution < -0.4 is 10.5 Å². The molecule has 65 valence electrons. The quantitative estimate of drug-likeness (QED) is 0.694. The second-order valence-corrected chi connectivity index (χ2v) is 2.99. The summed E-state index contributed by atoms with van der Waals surface area (Å²) < 4.78 is 5.41. The van der Waals surface area contributed by atoms with Gasteiger partial charge in [0.05, 0.1) is 6.61 Å². The molecule has 0 aliphatic rings. The number of hydrogen-bond acceptors (Lipinski definition) is 2. The number of ether oxygens (including phenoxy) is 1. The van der Waals surface area contributed by atoms with Gasteiger partial charge in [-0.15, -0.1) is 0 Å². The average molecular weight is 164 g/mol. The third kappa shape index (κ3) is 2.82. The first-order valence-corrected chi connectivity index (χ1v) is 4.00. The highest BCUT2D eigenvalue weighted by Crippen LogP contribution is 2.14. The molecule has 1 unspecified atom stereocenters. The molecule has 0 spiro atoms. The maximum absolute atomic E-state index is 5.57. The minimum Gasteiger partial charge on any atom is -0.493 e. The molecule has 0 aliphatic heterocycles. The first-order valence-electron chi connectivity index (χ1n) is 4.00. The van der Waals surface area contributed by atoms with Crippen molar-refractivity contribution in [3.05, 3.63) is 31.2 Å². The topological polar surface area (TPSA) is 35.2 Å². The molecule has 0 fully saturated rings. The molecule has 0 aromatic heterocycles. The zero-order chi connectivity index (χ0) is 8.97. The SMILES string of the molecule is [CH2]C(C)COc1cccc(N)c1. The van der Waals surface area contributed by atoms with E-state index in [9.17, 15) is 0 Å². The standard InChI is InChI=1S/C10H14NO/c1-8(2)7-12-10-5-3-4-9(11)6-10/h3-6,8H,1,7,11H2,2H3. The Bertz CT molecular complexity index is 245. The summed E-state index contributed by atoms with van der Waals surface area (Å²) in [5, 5.41) is 0. The Hall–Kier alpha value is -1.18. The van der Waals surface area contributed by atoms with E-state index in [2.05, 4.69) is 6.92 Å². The van der Waals surface area contributed by atoms with E-state index in [0.29, 0.717) is 12.5 Å². The summed E-state index contributed by atoms with van der Waals surface area (Å²) in [5.41, 5.74) is 6.30. The number of benzene rings is 1. The third-order valence-electron chi connectivity index (χ3n) is 1.39. The van der Waals surface area contributed by atoms with Crippen molar-refractivity contribution in [2.45, 2.75) is 6.92 Å². The highest BCUT2D eigenvalue weighted by Gasteiger charge is 1.96. The molecule has 0 aliphatic carbocycles. The van der Waals surface area contributed by atoms with E-state index in [-0.39, 0.29) is 0 Å². The molecule has 1 atom stereocenters. The van der Waals surface area contributed by atoms with E-state index in [1.807, 2.05) is 31.2 Å². The predicted molar refractivity (Wildman–Crippen MR) is 50.9 cm³/mol. The lowest BCUT2D eigenvalue weighted by molar-refractivity contribution is 0.284. The van der Waals surface area contributed by atoms with Crippen molar-refractivity contribution in [1.82, 2.24) is 0 Å². The molecule has 0 saturated heterocycles. The van der Waals surface area contributed by atoms with Gasteiger partial charge < -0.3 is 10.5 Å². The van der Waals surface area contributed by atoms with Crippen LogP contribution in [-0.2, 0) is 0 Å². The predicted octanol–water partition coefficient (Wildman–Crippen LogP) is 2.12. The number of nitrogens with two attached hydrogens (primary N) is 1. The molecule has 0 amide bonds. The normalized spacial score (nSPS) is 10.2. The van der Waals surface area contributed by atoms with E-state index in [1.54, 1.807) is 0 Å². The van der Waals surface area contributed by atoms with E-state index >= 15 is 0 Å². The summed E-state index contributed by atoms with van der Waals surface area (Å²) in [4.78, 5) is 0. The summed E-state index contributed by atoms with van der Waals surface area (Å²) in [6.45, 7) is 6.45. The van der Waals surface area contributed by atoms with Crippen LogP contribution in [0.5, 0.6) is 5.75 Å². The second-order valence-electron chi connectivity index (χ2n) is 2.99. The molecule has 2 N–H and O–H groups in total. The fourth-order valence-corrected chi connectivity index (χ4v) is 0.843. The zero-order valence-electron chi connectivity index (χ0n) is 7.29. The van der Waals surface area contributed by atoms with Gasteiger partial charge in [-0.25, -0.2) is 0 Å². The third-order valence-corrected chi connectivity index (χ3v) is 1.39. The molecule has 1 radical (unpaired) electrons. The summed E-state index contributed by atoms with van der Waals surface area (Å²) in [5.74, 6) is 1.11. The molecule has 12 heavy (non-hydrogen) atoms. The molecule has 0 bridgehead atoms. The average Bonchev–Trinajstić information content (AvgIpc) is 2.01. The van der Waals surface area contributed by atoms with Gasteiger partial charge in [0.1, 0.15) is 5.75 Å². The van der Waals surface area contributed by atoms with E-state index in [1.165, 1.54) is 0 Å². The van der Waals surface area contributed by atoms with Crippen molar-refractivity contribution in [2.75, 3.05) is 12.3 Å². The molecule has 2 heteroatoms. The van der Waals surface area contributed by atoms with Crippen molar-refractivity contribution < 1.29 is 4.74 Å². The van der Waals surface area contributed by atoms with Crippen LogP contribution in [0.1, 0.15) is 6.92 Å². The van der Waals surface area contributed by atoms with Crippen LogP contribution in [0, 0.1) is 12.8 Å². The first-order chi connectivity index (χ1) is 5.68. The Morgan fingerprint density at radius 2 is 2.33 bits per heavy atom. The number of hydrogen-bond donors (Lipinski definition) is 1. The van der Waals surface area contributed by atoms with Crippen LogP contribution in [0.4, 0.5) is 5.69 Å². The monoisotopic (exact) mass is 164 g/mol. The van der Waals surface area contributed by atoms with Crippen molar-refractivity contribution in [3.63, 3.8) is 0 Å². The summed E-state index contributed by atoms with van der Waals surface area (Å²) in [6.07, 6.45) is 0. The summed E-state index contributed by atoms with van der Waals surface area (Å²) in [7, 11) is 0. The Morgan fingerprint density at radius 1 is 1.58 bits per heavy atom. The minimum atomic E-state index is 0.298. The summed E-state index contributed by atoms with van der Waals surface area (Å²) in [6, 6.07) is 7.40. The van der Waals surface area contributed by atoms with Crippen LogP contribution in [-0.4, -0.2) is 6.61 Å². The first kappa shape index (κ1) is 8.91. The van der Waals surface area contributed by atoms with Crippen molar-refractivity contribution in [2.24, 2.45) is 5.92 Å². The molecule has 1 aromatic carbocycles. The molecule has 2 nitrogen and oxygen atoms in total. The lowest BCUT2D eigenvalue weighted by Gasteiger charge is -2.08. The van der Waals surface area contributed by atoms with E-state index < -0.39 is 0 Å². The van der Waals surface area contributed by atoms with Gasteiger partial charge in [-0.05, 0) is 25.0 Å². The Morgan fingerprint density at radius 3 is 2.92 bits per heavy atom. The molecule has 0 saturated carbocycles. The number of rotatable bonds is 3. The fraction of sp³-hybridized carbons (Fsp3) is 0.300. The second kappa shape index (κ2) is 4.00. The molecular weight excluding hydrogens is 150 g/mol. The van der Waals surface area contributed by atoms with Crippen LogP contribution >= 0.6 is 0 Å². The maximum atomic E-state index is 5.57. The van der Waals surface area contributed by atoms with Gasteiger partial charge in [-0.1, -0.05) is 13.0 Å². The van der Waals surface area contributed by atoms with Gasteiger partial charge in [-0.2, -0.15) is 0 Å². The van der Waals surface area contributed by atoms with Gasteiger partial charge in [0, 0.05) is 11.8 Å². The van der Waals surface area contributed by atoms with Crippen LogP contribution in [0.2, 0.25) is 0 Å². The van der Waals surface area contributed by atoms with Crippen LogP contribution in [0.3, 0.4) is 0 Å². The van der Waals surface area contributed by atoms with Crippen molar-refractivity contribution in [1.29, 1.82) is 0 Å². The molecule has 0 heterocycles. The molecule has 1 rings (SSSR count). The Kier molecular flexibility index (Phi) is 2.97. The maximum Gasteiger partial charge on any atom is 0.121 e. The minimum absolute atomic E-state index is 0.298. The highest BCUT2D eigenvalue weighted by atomic mass is 16.5. The van der Waals surface area contributed by atoms with Gasteiger partial charge in [0.2, 0.25) is 0 Å². The van der Waals surface area contributed by atoms with Gasteiger partial charge >= 0.3 is 0 Å². The van der Waals surface area contributed by atoms with Gasteiger partial charge in [0.25, 0.3) is 0 Å². The lowest BCUT2D eigenvalue weighted by atomic mass is 10.2. The van der Waals surface area contributed by atoms with Gasteiger partial charge in [0.15, 0.2) is 0 Å². The van der Waals surface area contributed by atoms with Crippen molar-refractivity contribution >= 4 is 5.69 Å². The summed E-state index contributed by atoms with van der Waals surface area (Å²) >= 11 is 0.